The number of nitrogens with zero attached hydrogens (tertiary/aromatic N) is 3. The molecule has 0 radical (unpaired) electrons. The number of likely N-dealkylation sites (tertiary alicyclic amines) is 1. The van der Waals surface area contributed by atoms with E-state index in [0.717, 1.165) is 45.1 Å². The van der Waals surface area contributed by atoms with E-state index in [1.54, 1.807) is 6.92 Å². The van der Waals surface area contributed by atoms with Crippen LogP contribution in [-0.2, 0) is 4.79 Å². The molecule has 1 atom stereocenters. The zero-order valence-corrected chi connectivity index (χ0v) is 14.6. The quantitative estimate of drug-likeness (QED) is 0.850. The van der Waals surface area contributed by atoms with Gasteiger partial charge in [-0.05, 0) is 45.4 Å². The Labute approximate surface area is 147 Å². The van der Waals surface area contributed by atoms with E-state index in [2.05, 4.69) is 15.3 Å². The lowest BCUT2D eigenvalue weighted by molar-refractivity contribution is -0.138. The largest absolute Gasteiger partial charge is 0.394 e. The number of rotatable bonds is 4. The Balaban J connectivity index is 1.49. The maximum absolute atomic E-state index is 12.7. The van der Waals surface area contributed by atoms with E-state index >= 15 is 0 Å². The first-order valence-corrected chi connectivity index (χ1v) is 9.09. The van der Waals surface area contributed by atoms with Crippen LogP contribution >= 0.6 is 0 Å². The van der Waals surface area contributed by atoms with Gasteiger partial charge in [0, 0.05) is 30.9 Å². The van der Waals surface area contributed by atoms with Crippen molar-refractivity contribution in [2.45, 2.75) is 57.5 Å². The molecule has 1 aliphatic heterocycles. The summed E-state index contributed by atoms with van der Waals surface area (Å²) in [6.07, 6.45) is 8.10. The lowest BCUT2D eigenvalue weighted by Crippen LogP contribution is -2.44. The van der Waals surface area contributed by atoms with Crippen LogP contribution in [-0.4, -0.2) is 57.0 Å². The molecule has 1 saturated heterocycles. The Morgan fingerprint density at radius 1 is 1.20 bits per heavy atom. The van der Waals surface area contributed by atoms with Gasteiger partial charge in [-0.2, -0.15) is 0 Å². The molecule has 25 heavy (non-hydrogen) atoms. The summed E-state index contributed by atoms with van der Waals surface area (Å²) in [4.78, 5) is 34.8. The maximum Gasteiger partial charge on any atom is 0.254 e. The Hall–Kier alpha value is -2.02. The topological polar surface area (TPSA) is 95.4 Å². The van der Waals surface area contributed by atoms with Crippen molar-refractivity contribution in [3.05, 3.63) is 23.8 Å². The van der Waals surface area contributed by atoms with Gasteiger partial charge in [-0.25, -0.2) is 9.97 Å². The maximum atomic E-state index is 12.7. The smallest absolute Gasteiger partial charge is 0.254 e. The fourth-order valence-corrected chi connectivity index (χ4v) is 3.81. The lowest BCUT2D eigenvalue weighted by atomic mass is 9.85. The van der Waals surface area contributed by atoms with Crippen LogP contribution in [0.2, 0.25) is 0 Å². The van der Waals surface area contributed by atoms with Crippen LogP contribution < -0.4 is 5.32 Å². The van der Waals surface area contributed by atoms with E-state index < -0.39 is 0 Å². The van der Waals surface area contributed by atoms with E-state index in [-0.39, 0.29) is 36.4 Å². The predicted octanol–water partition coefficient (Wildman–Crippen LogP) is 1.06. The van der Waals surface area contributed by atoms with Gasteiger partial charge in [0.2, 0.25) is 5.91 Å². The summed E-state index contributed by atoms with van der Waals surface area (Å²) < 4.78 is 0. The second kappa shape index (κ2) is 7.91. The van der Waals surface area contributed by atoms with Gasteiger partial charge in [0.05, 0.1) is 18.2 Å². The summed E-state index contributed by atoms with van der Waals surface area (Å²) in [6.45, 7) is 2.59. The molecule has 1 aromatic heterocycles. The molecular weight excluding hydrogens is 320 g/mol. The Morgan fingerprint density at radius 3 is 2.52 bits per heavy atom. The number of nitrogens with one attached hydrogen (secondary N) is 1. The minimum Gasteiger partial charge on any atom is -0.394 e. The molecule has 2 amide bonds. The minimum atomic E-state index is -0.158. The SMILES string of the molecule is Cc1ncc(C(=O)NC2CCC(C(=O)N3CCC[C@H]3CO)CC2)cn1. The number of carbonyl (C=O) groups is 2. The van der Waals surface area contributed by atoms with E-state index in [1.165, 1.54) is 12.4 Å². The number of hydrogen-bond donors (Lipinski definition) is 2. The van der Waals surface area contributed by atoms with E-state index in [0.29, 0.717) is 11.4 Å². The monoisotopic (exact) mass is 346 g/mol. The highest BCUT2D eigenvalue weighted by Gasteiger charge is 2.35. The van der Waals surface area contributed by atoms with Crippen molar-refractivity contribution < 1.29 is 14.7 Å². The van der Waals surface area contributed by atoms with Gasteiger partial charge in [0.25, 0.3) is 5.91 Å². The number of aryl methyl sites for hydroxylation is 1. The van der Waals surface area contributed by atoms with Crippen LogP contribution in [0.4, 0.5) is 0 Å². The van der Waals surface area contributed by atoms with Crippen molar-refractivity contribution in [3.8, 4) is 0 Å². The molecule has 2 aliphatic rings. The Kier molecular flexibility index (Phi) is 5.63. The number of aromatic nitrogens is 2. The zero-order chi connectivity index (χ0) is 17.8. The van der Waals surface area contributed by atoms with Crippen LogP contribution in [0.5, 0.6) is 0 Å². The fourth-order valence-electron chi connectivity index (χ4n) is 3.81. The average molecular weight is 346 g/mol. The van der Waals surface area contributed by atoms with Crippen molar-refractivity contribution in [1.82, 2.24) is 20.2 Å². The number of aliphatic hydroxyl groups is 1. The van der Waals surface area contributed by atoms with Crippen LogP contribution in [0.1, 0.15) is 54.7 Å². The highest BCUT2D eigenvalue weighted by molar-refractivity contribution is 5.93. The summed E-state index contributed by atoms with van der Waals surface area (Å²) in [5.74, 6) is 0.671. The van der Waals surface area contributed by atoms with Gasteiger partial charge in [-0.1, -0.05) is 0 Å². The van der Waals surface area contributed by atoms with Gasteiger partial charge < -0.3 is 15.3 Å². The Bertz CT molecular complexity index is 611. The predicted molar refractivity (Wildman–Crippen MR) is 91.8 cm³/mol. The molecule has 7 heteroatoms. The zero-order valence-electron chi connectivity index (χ0n) is 14.6. The number of aliphatic hydroxyl groups excluding tert-OH is 1. The third kappa shape index (κ3) is 4.15. The van der Waals surface area contributed by atoms with Crippen molar-refractivity contribution in [3.63, 3.8) is 0 Å². The van der Waals surface area contributed by atoms with Gasteiger partial charge in [0.1, 0.15) is 5.82 Å². The molecule has 2 heterocycles. The third-order valence-corrected chi connectivity index (χ3v) is 5.33. The molecule has 0 aromatic carbocycles. The summed E-state index contributed by atoms with van der Waals surface area (Å²) in [6, 6.07) is 0.0801. The van der Waals surface area contributed by atoms with Crippen LogP contribution in [0.25, 0.3) is 0 Å². The first-order valence-electron chi connectivity index (χ1n) is 9.09. The molecular formula is C18H26N4O3. The molecule has 1 aromatic rings. The van der Waals surface area contributed by atoms with E-state index in [4.69, 9.17) is 0 Å². The van der Waals surface area contributed by atoms with E-state index in [9.17, 15) is 14.7 Å². The molecule has 1 saturated carbocycles. The molecule has 2 fully saturated rings. The fraction of sp³-hybridized carbons (Fsp3) is 0.667. The first-order chi connectivity index (χ1) is 12.1. The van der Waals surface area contributed by atoms with Gasteiger partial charge in [-0.15, -0.1) is 0 Å². The summed E-state index contributed by atoms with van der Waals surface area (Å²) in [7, 11) is 0. The molecule has 136 valence electrons. The second-order valence-electron chi connectivity index (χ2n) is 7.05. The summed E-state index contributed by atoms with van der Waals surface area (Å²) >= 11 is 0. The van der Waals surface area contributed by atoms with Crippen LogP contribution in [0, 0.1) is 12.8 Å². The number of carbonyl (C=O) groups excluding carboxylic acids is 2. The summed E-state index contributed by atoms with van der Waals surface area (Å²) in [5, 5.41) is 12.4. The summed E-state index contributed by atoms with van der Waals surface area (Å²) in [5.41, 5.74) is 0.464. The highest BCUT2D eigenvalue weighted by Crippen LogP contribution is 2.29. The number of amides is 2. The Morgan fingerprint density at radius 2 is 1.88 bits per heavy atom. The van der Waals surface area contributed by atoms with Crippen molar-refractivity contribution in [2.75, 3.05) is 13.2 Å². The van der Waals surface area contributed by atoms with Crippen LogP contribution in [0.15, 0.2) is 12.4 Å². The van der Waals surface area contributed by atoms with Gasteiger partial charge >= 0.3 is 0 Å². The van der Waals surface area contributed by atoms with E-state index in [1.807, 2.05) is 4.90 Å². The molecule has 0 unspecified atom stereocenters. The molecule has 0 bridgehead atoms. The minimum absolute atomic E-state index is 0.00790. The first kappa shape index (κ1) is 17.8. The molecule has 7 nitrogen and oxygen atoms in total. The van der Waals surface area contributed by atoms with Crippen molar-refractivity contribution in [1.29, 1.82) is 0 Å². The highest BCUT2D eigenvalue weighted by atomic mass is 16.3. The average Bonchev–Trinajstić information content (AvgIpc) is 3.11. The molecule has 1 aliphatic carbocycles. The molecule has 2 N–H and O–H groups in total. The van der Waals surface area contributed by atoms with Crippen LogP contribution in [0.3, 0.4) is 0 Å². The number of hydrogen-bond acceptors (Lipinski definition) is 5. The molecule has 0 spiro atoms. The lowest BCUT2D eigenvalue weighted by Gasteiger charge is -2.32. The second-order valence-corrected chi connectivity index (χ2v) is 7.05. The van der Waals surface area contributed by atoms with Gasteiger partial charge in [-0.3, -0.25) is 9.59 Å². The molecule has 3 rings (SSSR count). The van der Waals surface area contributed by atoms with Gasteiger partial charge in [0.15, 0.2) is 0 Å². The third-order valence-electron chi connectivity index (χ3n) is 5.33. The normalized spacial score (nSPS) is 26.5. The standard InChI is InChI=1S/C18H26N4O3/c1-12-19-9-14(10-20-12)17(24)21-15-6-4-13(5-7-15)18(25)22-8-2-3-16(22)11-23/h9-10,13,15-16,23H,2-8,11H2,1H3,(H,21,24)/t13?,15?,16-/m0/s1. The van der Waals surface area contributed by atoms with Crippen molar-refractivity contribution >= 4 is 11.8 Å². The van der Waals surface area contributed by atoms with Crippen molar-refractivity contribution in [2.24, 2.45) is 5.92 Å².